The number of benzene rings is 1. The molecule has 25 heavy (non-hydrogen) atoms. The van der Waals surface area contributed by atoms with Gasteiger partial charge in [0, 0.05) is 30.1 Å². The molecular formula is C19H18N6. The van der Waals surface area contributed by atoms with Crippen molar-refractivity contribution in [2.24, 2.45) is 0 Å². The molecule has 0 aliphatic heterocycles. The minimum Gasteiger partial charge on any atom is -0.352 e. The Hall–Kier alpha value is -3.46. The number of hydrogen-bond acceptors (Lipinski definition) is 6. The number of hydrogen-bond donors (Lipinski definition) is 2. The van der Waals surface area contributed by atoms with E-state index in [2.05, 4.69) is 31.7 Å². The molecule has 124 valence electrons. The summed E-state index contributed by atoms with van der Waals surface area (Å²) in [6.45, 7) is 4.05. The van der Waals surface area contributed by atoms with Crippen molar-refractivity contribution in [3.05, 3.63) is 60.4 Å². The lowest BCUT2D eigenvalue weighted by Gasteiger charge is -2.13. The highest BCUT2D eigenvalue weighted by molar-refractivity contribution is 5.69. The summed E-state index contributed by atoms with van der Waals surface area (Å²) < 4.78 is 0. The summed E-state index contributed by atoms with van der Waals surface area (Å²) in [6.07, 6.45) is 3.48. The molecule has 0 spiro atoms. The Bertz CT molecular complexity index is 899. The summed E-state index contributed by atoms with van der Waals surface area (Å²) in [5, 5.41) is 15.7. The predicted octanol–water partition coefficient (Wildman–Crippen LogP) is 3.97. The molecule has 1 aromatic carbocycles. The average Bonchev–Trinajstić information content (AvgIpc) is 2.62. The standard InChI is InChI=1S/C19H18N6/c1-13(2)22-19-24-17(15-7-5-9-21-12-15)10-18(25-19)23-16-8-4-3-6-14(16)11-20/h3-10,12-13H,1-2H3,(H2,22,23,24,25). The molecule has 3 rings (SSSR count). The number of aromatic nitrogens is 3. The minimum atomic E-state index is 0.198. The zero-order chi connectivity index (χ0) is 17.6. The third kappa shape index (κ3) is 4.09. The Kier molecular flexibility index (Phi) is 4.86. The van der Waals surface area contributed by atoms with E-state index in [0.717, 1.165) is 11.3 Å². The Morgan fingerprint density at radius 3 is 2.64 bits per heavy atom. The highest BCUT2D eigenvalue weighted by Gasteiger charge is 2.09. The van der Waals surface area contributed by atoms with Crippen molar-refractivity contribution in [2.45, 2.75) is 19.9 Å². The van der Waals surface area contributed by atoms with Crippen LogP contribution in [0.2, 0.25) is 0 Å². The SMILES string of the molecule is CC(C)Nc1nc(Nc2ccccc2C#N)cc(-c2cccnc2)n1. The van der Waals surface area contributed by atoms with Crippen molar-refractivity contribution in [3.63, 3.8) is 0 Å². The minimum absolute atomic E-state index is 0.198. The molecule has 0 amide bonds. The maximum absolute atomic E-state index is 9.26. The molecule has 0 atom stereocenters. The highest BCUT2D eigenvalue weighted by Crippen LogP contribution is 2.24. The fourth-order valence-electron chi connectivity index (χ4n) is 2.32. The molecule has 2 heterocycles. The van der Waals surface area contributed by atoms with Gasteiger partial charge < -0.3 is 10.6 Å². The normalized spacial score (nSPS) is 10.3. The predicted molar refractivity (Wildman–Crippen MR) is 98.5 cm³/mol. The van der Waals surface area contributed by atoms with Crippen molar-refractivity contribution in [1.29, 1.82) is 5.26 Å². The van der Waals surface area contributed by atoms with Gasteiger partial charge in [-0.3, -0.25) is 4.98 Å². The number of para-hydroxylation sites is 1. The number of rotatable bonds is 5. The molecule has 6 heteroatoms. The molecule has 0 saturated carbocycles. The van der Waals surface area contributed by atoms with Crippen molar-refractivity contribution in [2.75, 3.05) is 10.6 Å². The van der Waals surface area contributed by atoms with Gasteiger partial charge in [0.25, 0.3) is 0 Å². The molecule has 6 nitrogen and oxygen atoms in total. The van der Waals surface area contributed by atoms with Crippen LogP contribution in [-0.2, 0) is 0 Å². The number of nitrogens with one attached hydrogen (secondary N) is 2. The first-order valence-electron chi connectivity index (χ1n) is 7.98. The second-order valence-corrected chi connectivity index (χ2v) is 5.79. The van der Waals surface area contributed by atoms with Crippen LogP contribution in [0, 0.1) is 11.3 Å². The molecular weight excluding hydrogens is 312 g/mol. The second-order valence-electron chi connectivity index (χ2n) is 5.79. The summed E-state index contributed by atoms with van der Waals surface area (Å²) in [7, 11) is 0. The van der Waals surface area contributed by atoms with E-state index >= 15 is 0 Å². The van der Waals surface area contributed by atoms with E-state index < -0.39 is 0 Å². The maximum atomic E-state index is 9.26. The molecule has 0 aliphatic carbocycles. The van der Waals surface area contributed by atoms with E-state index in [1.54, 1.807) is 18.5 Å². The summed E-state index contributed by atoms with van der Waals surface area (Å²) in [6, 6.07) is 15.3. The lowest BCUT2D eigenvalue weighted by atomic mass is 10.2. The number of pyridine rings is 1. The monoisotopic (exact) mass is 330 g/mol. The zero-order valence-electron chi connectivity index (χ0n) is 14.1. The smallest absolute Gasteiger partial charge is 0.225 e. The summed E-state index contributed by atoms with van der Waals surface area (Å²) in [5.41, 5.74) is 2.91. The Morgan fingerprint density at radius 1 is 1.08 bits per heavy atom. The van der Waals surface area contributed by atoms with Crippen LogP contribution < -0.4 is 10.6 Å². The van der Waals surface area contributed by atoms with Gasteiger partial charge in [0.05, 0.1) is 16.9 Å². The Morgan fingerprint density at radius 2 is 1.92 bits per heavy atom. The van der Waals surface area contributed by atoms with Crippen LogP contribution in [0.5, 0.6) is 0 Å². The summed E-state index contributed by atoms with van der Waals surface area (Å²) in [4.78, 5) is 13.2. The van der Waals surface area contributed by atoms with E-state index in [4.69, 9.17) is 0 Å². The van der Waals surface area contributed by atoms with Crippen LogP contribution >= 0.6 is 0 Å². The van der Waals surface area contributed by atoms with E-state index in [1.165, 1.54) is 0 Å². The molecule has 0 bridgehead atoms. The van der Waals surface area contributed by atoms with Crippen molar-refractivity contribution in [1.82, 2.24) is 15.0 Å². The van der Waals surface area contributed by atoms with Gasteiger partial charge in [-0.2, -0.15) is 10.2 Å². The fraction of sp³-hybridized carbons (Fsp3) is 0.158. The van der Waals surface area contributed by atoms with Crippen LogP contribution in [0.1, 0.15) is 19.4 Å². The van der Waals surface area contributed by atoms with Crippen LogP contribution in [0.15, 0.2) is 54.9 Å². The molecule has 2 N–H and O–H groups in total. The molecule has 2 aromatic heterocycles. The molecule has 0 unspecified atom stereocenters. The Labute approximate surface area is 146 Å². The maximum Gasteiger partial charge on any atom is 0.225 e. The van der Waals surface area contributed by atoms with Crippen LogP contribution in [0.3, 0.4) is 0 Å². The molecule has 0 fully saturated rings. The first kappa shape index (κ1) is 16.4. The Balaban J connectivity index is 2.02. The van der Waals surface area contributed by atoms with Gasteiger partial charge in [0.1, 0.15) is 11.9 Å². The van der Waals surface area contributed by atoms with Gasteiger partial charge in [-0.15, -0.1) is 0 Å². The van der Waals surface area contributed by atoms with Gasteiger partial charge in [-0.25, -0.2) is 4.98 Å². The topological polar surface area (TPSA) is 86.5 Å². The van der Waals surface area contributed by atoms with E-state index in [-0.39, 0.29) is 6.04 Å². The zero-order valence-corrected chi connectivity index (χ0v) is 14.1. The van der Waals surface area contributed by atoms with Gasteiger partial charge in [-0.05, 0) is 38.1 Å². The van der Waals surface area contributed by atoms with E-state index in [1.807, 2.05) is 50.2 Å². The third-order valence-electron chi connectivity index (χ3n) is 3.41. The molecule has 0 aliphatic rings. The summed E-state index contributed by atoms with van der Waals surface area (Å²) in [5.74, 6) is 1.13. The summed E-state index contributed by atoms with van der Waals surface area (Å²) >= 11 is 0. The number of anilines is 3. The van der Waals surface area contributed by atoms with E-state index in [9.17, 15) is 5.26 Å². The lowest BCUT2D eigenvalue weighted by molar-refractivity contribution is 0.876. The second kappa shape index (κ2) is 7.41. The molecule has 3 aromatic rings. The van der Waals surface area contributed by atoms with E-state index in [0.29, 0.717) is 23.0 Å². The third-order valence-corrected chi connectivity index (χ3v) is 3.41. The van der Waals surface area contributed by atoms with Crippen LogP contribution in [0.4, 0.5) is 17.5 Å². The van der Waals surface area contributed by atoms with Crippen molar-refractivity contribution in [3.8, 4) is 17.3 Å². The van der Waals surface area contributed by atoms with Crippen LogP contribution in [-0.4, -0.2) is 21.0 Å². The van der Waals surface area contributed by atoms with Crippen LogP contribution in [0.25, 0.3) is 11.3 Å². The van der Waals surface area contributed by atoms with Gasteiger partial charge in [0.2, 0.25) is 5.95 Å². The average molecular weight is 330 g/mol. The fourth-order valence-corrected chi connectivity index (χ4v) is 2.32. The van der Waals surface area contributed by atoms with Crippen molar-refractivity contribution < 1.29 is 0 Å². The molecule has 0 saturated heterocycles. The van der Waals surface area contributed by atoms with Crippen molar-refractivity contribution >= 4 is 17.5 Å². The van der Waals surface area contributed by atoms with Gasteiger partial charge >= 0.3 is 0 Å². The first-order chi connectivity index (χ1) is 12.2. The number of nitrogens with zero attached hydrogens (tertiary/aromatic N) is 4. The van der Waals surface area contributed by atoms with Gasteiger partial charge in [-0.1, -0.05) is 12.1 Å². The molecule has 0 radical (unpaired) electrons. The van der Waals surface area contributed by atoms with Gasteiger partial charge in [0.15, 0.2) is 0 Å². The number of nitriles is 1. The highest BCUT2D eigenvalue weighted by atomic mass is 15.2. The lowest BCUT2D eigenvalue weighted by Crippen LogP contribution is -2.13. The largest absolute Gasteiger partial charge is 0.352 e. The first-order valence-corrected chi connectivity index (χ1v) is 7.98. The quantitative estimate of drug-likeness (QED) is 0.736.